The van der Waals surface area contributed by atoms with Crippen LogP contribution in [0.25, 0.3) is 0 Å². The van der Waals surface area contributed by atoms with Gasteiger partial charge in [-0.05, 0) is 34.1 Å². The SMILES string of the molecule is COC(=O)C(C)=CCC=CCC(=O)OC(C)(C)C. The zero-order valence-corrected chi connectivity index (χ0v) is 11.8. The van der Waals surface area contributed by atoms with Crippen LogP contribution in [0, 0.1) is 0 Å². The molecule has 0 amide bonds. The fraction of sp³-hybridized carbons (Fsp3) is 0.571. The molecule has 4 heteroatoms. The lowest BCUT2D eigenvalue weighted by atomic mass is 10.2. The molecular formula is C14H22O4. The summed E-state index contributed by atoms with van der Waals surface area (Å²) in [6.45, 7) is 7.18. The molecule has 0 aliphatic rings. The highest BCUT2D eigenvalue weighted by Gasteiger charge is 2.14. The Hall–Kier alpha value is -1.58. The second kappa shape index (κ2) is 7.69. The summed E-state index contributed by atoms with van der Waals surface area (Å²) in [5, 5.41) is 0. The third-order valence-electron chi connectivity index (χ3n) is 1.94. The fourth-order valence-electron chi connectivity index (χ4n) is 1.15. The lowest BCUT2D eigenvalue weighted by Gasteiger charge is -2.18. The molecule has 0 heterocycles. The van der Waals surface area contributed by atoms with E-state index < -0.39 is 5.60 Å². The van der Waals surface area contributed by atoms with Crippen molar-refractivity contribution in [1.29, 1.82) is 0 Å². The zero-order valence-electron chi connectivity index (χ0n) is 11.8. The first-order valence-electron chi connectivity index (χ1n) is 5.88. The van der Waals surface area contributed by atoms with Gasteiger partial charge in [-0.3, -0.25) is 4.79 Å². The van der Waals surface area contributed by atoms with Crippen molar-refractivity contribution < 1.29 is 19.1 Å². The van der Waals surface area contributed by atoms with E-state index in [0.717, 1.165) is 0 Å². The average molecular weight is 254 g/mol. The largest absolute Gasteiger partial charge is 0.466 e. The highest BCUT2D eigenvalue weighted by molar-refractivity contribution is 5.87. The molecule has 0 aromatic carbocycles. The average Bonchev–Trinajstić information content (AvgIpc) is 2.24. The summed E-state index contributed by atoms with van der Waals surface area (Å²) in [5.74, 6) is -0.594. The van der Waals surface area contributed by atoms with E-state index in [4.69, 9.17) is 4.74 Å². The second-order valence-electron chi connectivity index (χ2n) is 4.88. The number of ether oxygens (including phenoxy) is 2. The van der Waals surface area contributed by atoms with Crippen molar-refractivity contribution in [3.8, 4) is 0 Å². The van der Waals surface area contributed by atoms with Gasteiger partial charge in [0.25, 0.3) is 0 Å². The molecule has 102 valence electrons. The number of rotatable bonds is 5. The van der Waals surface area contributed by atoms with E-state index in [9.17, 15) is 9.59 Å². The van der Waals surface area contributed by atoms with Crippen LogP contribution in [-0.4, -0.2) is 24.6 Å². The van der Waals surface area contributed by atoms with Gasteiger partial charge in [-0.1, -0.05) is 18.2 Å². The van der Waals surface area contributed by atoms with Crippen molar-refractivity contribution in [3.63, 3.8) is 0 Å². The molecule has 0 saturated carbocycles. The van der Waals surface area contributed by atoms with Gasteiger partial charge in [-0.15, -0.1) is 0 Å². The Morgan fingerprint density at radius 1 is 1.17 bits per heavy atom. The zero-order chi connectivity index (χ0) is 14.2. The van der Waals surface area contributed by atoms with Gasteiger partial charge in [-0.25, -0.2) is 4.79 Å². The standard InChI is InChI=1S/C14H22O4/c1-11(13(16)17-5)9-7-6-8-10-12(15)18-14(2,3)4/h6,8-9H,7,10H2,1-5H3. The van der Waals surface area contributed by atoms with Gasteiger partial charge in [0.1, 0.15) is 5.60 Å². The molecule has 0 N–H and O–H groups in total. The molecule has 4 nitrogen and oxygen atoms in total. The number of hydrogen-bond acceptors (Lipinski definition) is 4. The highest BCUT2D eigenvalue weighted by atomic mass is 16.6. The molecule has 0 radical (unpaired) electrons. The van der Waals surface area contributed by atoms with Crippen molar-refractivity contribution in [1.82, 2.24) is 0 Å². The van der Waals surface area contributed by atoms with Crippen LogP contribution in [0.4, 0.5) is 0 Å². The molecule has 0 saturated heterocycles. The van der Waals surface area contributed by atoms with Crippen molar-refractivity contribution in [2.45, 2.75) is 46.1 Å². The summed E-state index contributed by atoms with van der Waals surface area (Å²) in [7, 11) is 1.35. The molecule has 0 atom stereocenters. The smallest absolute Gasteiger partial charge is 0.333 e. The highest BCUT2D eigenvalue weighted by Crippen LogP contribution is 2.08. The van der Waals surface area contributed by atoms with E-state index in [0.29, 0.717) is 12.0 Å². The summed E-state index contributed by atoms with van der Waals surface area (Å²) in [6, 6.07) is 0. The Kier molecular flexibility index (Phi) is 7.01. The molecule has 0 bridgehead atoms. The van der Waals surface area contributed by atoms with Gasteiger partial charge in [0, 0.05) is 5.57 Å². The Morgan fingerprint density at radius 3 is 2.28 bits per heavy atom. The molecular weight excluding hydrogens is 232 g/mol. The van der Waals surface area contributed by atoms with Crippen molar-refractivity contribution in [3.05, 3.63) is 23.8 Å². The van der Waals surface area contributed by atoms with Crippen LogP contribution < -0.4 is 0 Å². The van der Waals surface area contributed by atoms with Crippen LogP contribution in [0.1, 0.15) is 40.5 Å². The normalized spacial score (nSPS) is 12.6. The summed E-state index contributed by atoms with van der Waals surface area (Å²) < 4.78 is 9.70. The fourth-order valence-corrected chi connectivity index (χ4v) is 1.15. The van der Waals surface area contributed by atoms with E-state index >= 15 is 0 Å². The van der Waals surface area contributed by atoms with Gasteiger partial charge < -0.3 is 9.47 Å². The van der Waals surface area contributed by atoms with E-state index in [1.165, 1.54) is 7.11 Å². The number of carbonyl (C=O) groups is 2. The number of hydrogen-bond donors (Lipinski definition) is 0. The Bertz CT molecular complexity index is 345. The number of carbonyl (C=O) groups excluding carboxylic acids is 2. The molecule has 0 spiro atoms. The van der Waals surface area contributed by atoms with Crippen LogP contribution in [0.3, 0.4) is 0 Å². The van der Waals surface area contributed by atoms with Gasteiger partial charge in [0.2, 0.25) is 0 Å². The maximum absolute atomic E-state index is 11.3. The third kappa shape index (κ3) is 8.56. The molecule has 0 aliphatic carbocycles. The lowest BCUT2D eigenvalue weighted by Crippen LogP contribution is -2.23. The van der Waals surface area contributed by atoms with Gasteiger partial charge in [-0.2, -0.15) is 0 Å². The minimum absolute atomic E-state index is 0.238. The van der Waals surface area contributed by atoms with Crippen molar-refractivity contribution >= 4 is 11.9 Å². The van der Waals surface area contributed by atoms with Crippen LogP contribution >= 0.6 is 0 Å². The summed E-state index contributed by atoms with van der Waals surface area (Å²) in [6.07, 6.45) is 6.12. The maximum atomic E-state index is 11.3. The first-order valence-corrected chi connectivity index (χ1v) is 5.88. The number of allylic oxidation sites excluding steroid dienone is 2. The quantitative estimate of drug-likeness (QED) is 0.430. The van der Waals surface area contributed by atoms with Crippen LogP contribution in [-0.2, 0) is 19.1 Å². The van der Waals surface area contributed by atoms with Gasteiger partial charge in [0.05, 0.1) is 13.5 Å². The van der Waals surface area contributed by atoms with Crippen LogP contribution in [0.2, 0.25) is 0 Å². The first kappa shape index (κ1) is 16.4. The molecule has 0 fully saturated rings. The van der Waals surface area contributed by atoms with Gasteiger partial charge >= 0.3 is 11.9 Å². The lowest BCUT2D eigenvalue weighted by molar-refractivity contribution is -0.153. The minimum atomic E-state index is -0.452. The molecule has 0 unspecified atom stereocenters. The summed E-state index contributed by atoms with van der Waals surface area (Å²) in [4.78, 5) is 22.4. The van der Waals surface area contributed by atoms with Crippen molar-refractivity contribution in [2.24, 2.45) is 0 Å². The third-order valence-corrected chi connectivity index (χ3v) is 1.94. The van der Waals surface area contributed by atoms with Crippen molar-refractivity contribution in [2.75, 3.05) is 7.11 Å². The molecule has 18 heavy (non-hydrogen) atoms. The first-order chi connectivity index (χ1) is 8.26. The van der Waals surface area contributed by atoms with E-state index in [1.807, 2.05) is 26.8 Å². The Morgan fingerprint density at radius 2 is 1.78 bits per heavy atom. The molecule has 0 aromatic rings. The van der Waals surface area contributed by atoms with Crippen LogP contribution in [0.5, 0.6) is 0 Å². The van der Waals surface area contributed by atoms with Gasteiger partial charge in [0.15, 0.2) is 0 Å². The monoisotopic (exact) mass is 254 g/mol. The van der Waals surface area contributed by atoms with Crippen LogP contribution in [0.15, 0.2) is 23.8 Å². The predicted octanol–water partition coefficient (Wildman–Crippen LogP) is 2.78. The predicted molar refractivity (Wildman–Crippen MR) is 70.0 cm³/mol. The number of esters is 2. The van der Waals surface area contributed by atoms with E-state index in [1.54, 1.807) is 19.1 Å². The summed E-state index contributed by atoms with van der Waals surface area (Å²) in [5.41, 5.74) is 0.103. The molecule has 0 aromatic heterocycles. The Balaban J connectivity index is 3.99. The molecule has 0 rings (SSSR count). The minimum Gasteiger partial charge on any atom is -0.466 e. The van der Waals surface area contributed by atoms with E-state index in [2.05, 4.69) is 4.74 Å². The summed E-state index contributed by atoms with van der Waals surface area (Å²) >= 11 is 0. The van der Waals surface area contributed by atoms with E-state index in [-0.39, 0.29) is 18.4 Å². The topological polar surface area (TPSA) is 52.6 Å². The Labute approximate surface area is 109 Å². The molecule has 0 aliphatic heterocycles. The number of methoxy groups -OCH3 is 1. The maximum Gasteiger partial charge on any atom is 0.333 e. The second-order valence-corrected chi connectivity index (χ2v) is 4.88.